The van der Waals surface area contributed by atoms with Crippen LogP contribution in [0, 0.1) is 6.92 Å². The Hall–Kier alpha value is -1.70. The van der Waals surface area contributed by atoms with Gasteiger partial charge in [0.1, 0.15) is 0 Å². The summed E-state index contributed by atoms with van der Waals surface area (Å²) in [5, 5.41) is 6.97. The number of nitrogens with one attached hydrogen (secondary N) is 1. The van der Waals surface area contributed by atoms with Crippen molar-refractivity contribution in [3.8, 4) is 0 Å². The van der Waals surface area contributed by atoms with Crippen molar-refractivity contribution >= 4 is 33.1 Å². The number of halogens is 4. The molecule has 0 spiro atoms. The number of rotatable bonds is 2. The maximum Gasteiger partial charge on any atom is 0.416 e. The second kappa shape index (κ2) is 5.01. The van der Waals surface area contributed by atoms with Gasteiger partial charge in [0.25, 0.3) is 0 Å². The summed E-state index contributed by atoms with van der Waals surface area (Å²) >= 11 is 3.21. The van der Waals surface area contributed by atoms with Gasteiger partial charge in [-0.2, -0.15) is 18.3 Å². The number of benzene rings is 1. The molecular formula is C12H12BrF3N4. The first-order chi connectivity index (χ1) is 9.20. The van der Waals surface area contributed by atoms with Crippen molar-refractivity contribution < 1.29 is 13.2 Å². The van der Waals surface area contributed by atoms with E-state index in [1.165, 1.54) is 10.7 Å². The summed E-state index contributed by atoms with van der Waals surface area (Å²) < 4.78 is 40.1. The second-order valence-corrected chi connectivity index (χ2v) is 5.14. The fraction of sp³-hybridized carbons (Fsp3) is 0.250. The molecule has 0 radical (unpaired) electrons. The molecular weight excluding hydrogens is 337 g/mol. The molecule has 4 nitrogen and oxygen atoms in total. The number of hydrogen-bond acceptors (Lipinski definition) is 3. The van der Waals surface area contributed by atoms with Crippen molar-refractivity contribution in [1.82, 2.24) is 9.78 Å². The van der Waals surface area contributed by atoms with Crippen LogP contribution >= 0.6 is 15.9 Å². The molecule has 0 bridgehead atoms. The Balaban J connectivity index is 2.43. The van der Waals surface area contributed by atoms with Crippen molar-refractivity contribution in [2.24, 2.45) is 7.05 Å². The van der Waals surface area contributed by atoms with E-state index in [1.54, 1.807) is 14.0 Å². The number of nitrogens with zero attached hydrogens (tertiary/aromatic N) is 2. The smallest absolute Gasteiger partial charge is 0.394 e. The van der Waals surface area contributed by atoms with Gasteiger partial charge >= 0.3 is 6.18 Å². The molecule has 0 fully saturated rings. The second-order valence-electron chi connectivity index (χ2n) is 4.29. The van der Waals surface area contributed by atoms with Gasteiger partial charge in [-0.1, -0.05) is 0 Å². The summed E-state index contributed by atoms with van der Waals surface area (Å²) in [5.41, 5.74) is 6.39. The number of aromatic nitrogens is 2. The SMILES string of the molecule is Cc1nn(C)c(Nc2cc(C(F)(F)F)ccc2Br)c1N. The number of anilines is 3. The monoisotopic (exact) mass is 348 g/mol. The zero-order chi connectivity index (χ0) is 15.1. The van der Waals surface area contributed by atoms with Crippen LogP contribution in [0.4, 0.5) is 30.4 Å². The Morgan fingerprint density at radius 2 is 2.00 bits per heavy atom. The Kier molecular flexibility index (Phi) is 3.68. The molecule has 2 aromatic rings. The first-order valence-electron chi connectivity index (χ1n) is 5.63. The van der Waals surface area contributed by atoms with E-state index in [0.29, 0.717) is 21.7 Å². The molecule has 0 unspecified atom stereocenters. The van der Waals surface area contributed by atoms with Gasteiger partial charge in [-0.05, 0) is 41.1 Å². The Bertz CT molecular complexity index is 649. The number of aryl methyl sites for hydroxylation is 2. The predicted octanol–water partition coefficient (Wildman–Crippen LogP) is 3.84. The predicted molar refractivity (Wildman–Crippen MR) is 74.8 cm³/mol. The van der Waals surface area contributed by atoms with Crippen LogP contribution in [0.3, 0.4) is 0 Å². The van der Waals surface area contributed by atoms with Crippen LogP contribution in [0.1, 0.15) is 11.3 Å². The van der Waals surface area contributed by atoms with E-state index >= 15 is 0 Å². The van der Waals surface area contributed by atoms with Crippen LogP contribution in [0.2, 0.25) is 0 Å². The zero-order valence-electron chi connectivity index (χ0n) is 10.7. The molecule has 0 aliphatic rings. The third-order valence-corrected chi connectivity index (χ3v) is 3.51. The summed E-state index contributed by atoms with van der Waals surface area (Å²) in [7, 11) is 1.66. The van der Waals surface area contributed by atoms with E-state index in [0.717, 1.165) is 12.1 Å². The molecule has 1 aromatic heterocycles. The Morgan fingerprint density at radius 3 is 2.50 bits per heavy atom. The molecule has 1 aromatic carbocycles. The minimum absolute atomic E-state index is 0.273. The molecule has 20 heavy (non-hydrogen) atoms. The average Bonchev–Trinajstić information content (AvgIpc) is 2.57. The van der Waals surface area contributed by atoms with E-state index in [9.17, 15) is 13.2 Å². The lowest BCUT2D eigenvalue weighted by Crippen LogP contribution is -2.07. The quantitative estimate of drug-likeness (QED) is 0.866. The topological polar surface area (TPSA) is 55.9 Å². The maximum atomic E-state index is 12.7. The third-order valence-electron chi connectivity index (χ3n) is 2.82. The highest BCUT2D eigenvalue weighted by Gasteiger charge is 2.31. The van der Waals surface area contributed by atoms with Crippen molar-refractivity contribution in [2.75, 3.05) is 11.1 Å². The minimum atomic E-state index is -4.40. The normalized spacial score (nSPS) is 11.7. The highest BCUT2D eigenvalue weighted by atomic mass is 79.9. The van der Waals surface area contributed by atoms with Crippen molar-refractivity contribution in [3.05, 3.63) is 33.9 Å². The molecule has 0 aliphatic carbocycles. The highest BCUT2D eigenvalue weighted by molar-refractivity contribution is 9.10. The summed E-state index contributed by atoms with van der Waals surface area (Å²) in [6, 6.07) is 3.36. The van der Waals surface area contributed by atoms with E-state index < -0.39 is 11.7 Å². The number of hydrogen-bond donors (Lipinski definition) is 2. The van der Waals surface area contributed by atoms with Gasteiger partial charge in [0.05, 0.1) is 22.6 Å². The standard InChI is InChI=1S/C12H12BrF3N4/c1-6-10(17)11(20(2)19-6)18-9-5-7(12(14,15)16)3-4-8(9)13/h3-5,18H,17H2,1-2H3. The Morgan fingerprint density at radius 1 is 1.35 bits per heavy atom. The fourth-order valence-electron chi connectivity index (χ4n) is 1.75. The molecule has 0 atom stereocenters. The third kappa shape index (κ3) is 2.74. The van der Waals surface area contributed by atoms with Crippen LogP contribution in [0.25, 0.3) is 0 Å². The van der Waals surface area contributed by atoms with Crippen LogP contribution in [0.15, 0.2) is 22.7 Å². The van der Waals surface area contributed by atoms with Gasteiger partial charge in [-0.25, -0.2) is 0 Å². The van der Waals surface area contributed by atoms with Gasteiger partial charge in [0.15, 0.2) is 5.82 Å². The first-order valence-corrected chi connectivity index (χ1v) is 6.42. The zero-order valence-corrected chi connectivity index (χ0v) is 12.3. The summed E-state index contributed by atoms with van der Waals surface area (Å²) in [6.07, 6.45) is -4.40. The highest BCUT2D eigenvalue weighted by Crippen LogP contribution is 2.36. The molecule has 108 valence electrons. The maximum absolute atomic E-state index is 12.7. The van der Waals surface area contributed by atoms with Gasteiger partial charge in [-0.3, -0.25) is 4.68 Å². The molecule has 1 heterocycles. The fourth-order valence-corrected chi connectivity index (χ4v) is 2.09. The van der Waals surface area contributed by atoms with E-state index in [-0.39, 0.29) is 5.69 Å². The lowest BCUT2D eigenvalue weighted by molar-refractivity contribution is -0.137. The summed E-state index contributed by atoms with van der Waals surface area (Å²) in [5.74, 6) is 0.447. The van der Waals surface area contributed by atoms with Crippen molar-refractivity contribution in [1.29, 1.82) is 0 Å². The molecule has 0 aliphatic heterocycles. The first kappa shape index (κ1) is 14.7. The van der Waals surface area contributed by atoms with Crippen LogP contribution in [-0.2, 0) is 13.2 Å². The van der Waals surface area contributed by atoms with Crippen LogP contribution in [-0.4, -0.2) is 9.78 Å². The largest absolute Gasteiger partial charge is 0.416 e. The van der Waals surface area contributed by atoms with E-state index in [2.05, 4.69) is 26.3 Å². The molecule has 8 heteroatoms. The van der Waals surface area contributed by atoms with Gasteiger partial charge in [0.2, 0.25) is 0 Å². The van der Waals surface area contributed by atoms with Crippen LogP contribution < -0.4 is 11.1 Å². The molecule has 2 rings (SSSR count). The molecule has 0 saturated carbocycles. The van der Waals surface area contributed by atoms with Crippen molar-refractivity contribution in [3.63, 3.8) is 0 Å². The molecule has 0 saturated heterocycles. The van der Waals surface area contributed by atoms with E-state index in [4.69, 9.17) is 5.73 Å². The van der Waals surface area contributed by atoms with Crippen LogP contribution in [0.5, 0.6) is 0 Å². The molecule has 3 N–H and O–H groups in total. The number of nitrogens with two attached hydrogens (primary N) is 1. The number of nitrogen functional groups attached to an aromatic ring is 1. The Labute approximate surface area is 121 Å². The van der Waals surface area contributed by atoms with Gasteiger partial charge in [0, 0.05) is 11.5 Å². The molecule has 0 amide bonds. The summed E-state index contributed by atoms with van der Waals surface area (Å²) in [6.45, 7) is 1.72. The number of alkyl halides is 3. The average molecular weight is 349 g/mol. The lowest BCUT2D eigenvalue weighted by Gasteiger charge is -2.13. The van der Waals surface area contributed by atoms with Crippen molar-refractivity contribution in [2.45, 2.75) is 13.1 Å². The summed E-state index contributed by atoms with van der Waals surface area (Å²) in [4.78, 5) is 0. The van der Waals surface area contributed by atoms with Gasteiger partial charge < -0.3 is 11.1 Å². The lowest BCUT2D eigenvalue weighted by atomic mass is 10.2. The minimum Gasteiger partial charge on any atom is -0.394 e. The van der Waals surface area contributed by atoms with E-state index in [1.807, 2.05) is 0 Å². The van der Waals surface area contributed by atoms with Gasteiger partial charge in [-0.15, -0.1) is 0 Å².